The summed E-state index contributed by atoms with van der Waals surface area (Å²) in [7, 11) is 0. The fourth-order valence-corrected chi connectivity index (χ4v) is 3.40. The molecule has 2 aromatic carbocycles. The molecule has 0 bridgehead atoms. The Bertz CT molecular complexity index is 822. The van der Waals surface area contributed by atoms with E-state index in [1.165, 1.54) is 23.0 Å². The Hall–Kier alpha value is -2.40. The monoisotopic (exact) mass is 339 g/mol. The van der Waals surface area contributed by atoms with Gasteiger partial charge >= 0.3 is 0 Å². The molecule has 1 saturated heterocycles. The second kappa shape index (κ2) is 7.23. The molecule has 1 fully saturated rings. The Balaban J connectivity index is 1.27. The van der Waals surface area contributed by atoms with Crippen LogP contribution in [0.15, 0.2) is 54.7 Å². The molecule has 25 heavy (non-hydrogen) atoms. The van der Waals surface area contributed by atoms with Crippen LogP contribution in [0.2, 0.25) is 0 Å². The zero-order chi connectivity index (χ0) is 17.1. The van der Waals surface area contributed by atoms with Crippen molar-refractivity contribution in [3.05, 3.63) is 60.5 Å². The van der Waals surface area contributed by atoms with Gasteiger partial charge in [-0.25, -0.2) is 4.39 Å². The number of hydrogen-bond donors (Lipinski definition) is 0. The van der Waals surface area contributed by atoms with Gasteiger partial charge in [0.15, 0.2) is 0 Å². The SMILES string of the molecule is Fc1ccc(OC2CCN(CCn3ncc4ccccc43)CC2)cc1. The summed E-state index contributed by atoms with van der Waals surface area (Å²) in [5.41, 5.74) is 1.19. The van der Waals surface area contributed by atoms with Gasteiger partial charge in [0, 0.05) is 25.0 Å². The summed E-state index contributed by atoms with van der Waals surface area (Å²) >= 11 is 0. The number of rotatable bonds is 5. The van der Waals surface area contributed by atoms with Crippen molar-refractivity contribution >= 4 is 10.9 Å². The van der Waals surface area contributed by atoms with Gasteiger partial charge in [0.2, 0.25) is 0 Å². The summed E-state index contributed by atoms with van der Waals surface area (Å²) in [6.45, 7) is 3.93. The van der Waals surface area contributed by atoms with Crippen molar-refractivity contribution in [3.8, 4) is 5.75 Å². The molecule has 1 aromatic heterocycles. The van der Waals surface area contributed by atoms with Crippen LogP contribution in [0.25, 0.3) is 10.9 Å². The van der Waals surface area contributed by atoms with Crippen molar-refractivity contribution in [1.29, 1.82) is 0 Å². The highest BCUT2D eigenvalue weighted by Crippen LogP contribution is 2.19. The van der Waals surface area contributed by atoms with Crippen molar-refractivity contribution in [2.24, 2.45) is 0 Å². The summed E-state index contributed by atoms with van der Waals surface area (Å²) in [5, 5.41) is 5.68. The smallest absolute Gasteiger partial charge is 0.123 e. The van der Waals surface area contributed by atoms with E-state index >= 15 is 0 Å². The minimum atomic E-state index is -0.228. The number of aromatic nitrogens is 2. The number of ether oxygens (including phenoxy) is 1. The first kappa shape index (κ1) is 16.1. The quantitative estimate of drug-likeness (QED) is 0.710. The average Bonchev–Trinajstić information content (AvgIpc) is 3.06. The van der Waals surface area contributed by atoms with Crippen molar-refractivity contribution in [2.75, 3.05) is 19.6 Å². The van der Waals surface area contributed by atoms with Gasteiger partial charge in [-0.05, 0) is 43.2 Å². The molecule has 2 heterocycles. The lowest BCUT2D eigenvalue weighted by Gasteiger charge is -2.32. The van der Waals surface area contributed by atoms with Crippen LogP contribution in [0, 0.1) is 5.82 Å². The highest BCUT2D eigenvalue weighted by atomic mass is 19.1. The normalized spacial score (nSPS) is 16.4. The molecule has 3 aromatic rings. The second-order valence-corrected chi connectivity index (χ2v) is 6.54. The minimum absolute atomic E-state index is 0.215. The molecule has 5 heteroatoms. The number of hydrogen-bond acceptors (Lipinski definition) is 3. The third-order valence-electron chi connectivity index (χ3n) is 4.83. The predicted molar refractivity (Wildman–Crippen MR) is 96.2 cm³/mol. The maximum Gasteiger partial charge on any atom is 0.123 e. The van der Waals surface area contributed by atoms with E-state index in [4.69, 9.17) is 4.74 Å². The third-order valence-corrected chi connectivity index (χ3v) is 4.83. The van der Waals surface area contributed by atoms with Gasteiger partial charge in [-0.1, -0.05) is 18.2 Å². The van der Waals surface area contributed by atoms with Gasteiger partial charge in [-0.2, -0.15) is 5.10 Å². The van der Waals surface area contributed by atoms with E-state index in [1.54, 1.807) is 12.1 Å². The zero-order valence-corrected chi connectivity index (χ0v) is 14.1. The Morgan fingerprint density at radius 2 is 1.76 bits per heavy atom. The lowest BCUT2D eigenvalue weighted by atomic mass is 10.1. The number of benzene rings is 2. The van der Waals surface area contributed by atoms with E-state index in [-0.39, 0.29) is 11.9 Å². The molecular weight excluding hydrogens is 317 g/mol. The third kappa shape index (κ3) is 3.82. The molecule has 0 radical (unpaired) electrons. The van der Waals surface area contributed by atoms with Gasteiger partial charge < -0.3 is 9.64 Å². The van der Waals surface area contributed by atoms with Crippen molar-refractivity contribution in [2.45, 2.75) is 25.5 Å². The molecule has 0 unspecified atom stereocenters. The molecule has 0 saturated carbocycles. The Morgan fingerprint density at radius 1 is 1.00 bits per heavy atom. The number of piperidine rings is 1. The zero-order valence-electron chi connectivity index (χ0n) is 14.1. The molecule has 0 spiro atoms. The van der Waals surface area contributed by atoms with Gasteiger partial charge in [0.25, 0.3) is 0 Å². The summed E-state index contributed by atoms with van der Waals surface area (Å²) < 4.78 is 21.0. The van der Waals surface area contributed by atoms with Crippen LogP contribution in [-0.2, 0) is 6.54 Å². The molecule has 0 amide bonds. The standard InChI is InChI=1S/C20H22FN3O/c21-17-5-7-18(8-6-17)25-19-9-11-23(12-10-19)13-14-24-20-4-2-1-3-16(20)15-22-24/h1-8,15,19H,9-14H2. The van der Waals surface area contributed by atoms with Crippen molar-refractivity contribution in [1.82, 2.24) is 14.7 Å². The van der Waals surface area contributed by atoms with E-state index < -0.39 is 0 Å². The van der Waals surface area contributed by atoms with Crippen LogP contribution in [0.4, 0.5) is 4.39 Å². The number of para-hydroxylation sites is 1. The van der Waals surface area contributed by atoms with Crippen LogP contribution >= 0.6 is 0 Å². The summed E-state index contributed by atoms with van der Waals surface area (Å²) in [6.07, 6.45) is 4.14. The van der Waals surface area contributed by atoms with Gasteiger partial charge in [-0.3, -0.25) is 4.68 Å². The van der Waals surface area contributed by atoms with Gasteiger partial charge in [0.05, 0.1) is 18.3 Å². The summed E-state index contributed by atoms with van der Waals surface area (Å²) in [5.74, 6) is 0.524. The fourth-order valence-electron chi connectivity index (χ4n) is 3.40. The summed E-state index contributed by atoms with van der Waals surface area (Å²) in [6, 6.07) is 14.6. The predicted octanol–water partition coefficient (Wildman–Crippen LogP) is 3.72. The maximum atomic E-state index is 12.9. The lowest BCUT2D eigenvalue weighted by molar-refractivity contribution is 0.0981. The molecule has 1 aliphatic heterocycles. The van der Waals surface area contributed by atoms with Crippen LogP contribution < -0.4 is 4.74 Å². The van der Waals surface area contributed by atoms with Crippen LogP contribution in [0.1, 0.15) is 12.8 Å². The molecule has 0 atom stereocenters. The first-order valence-electron chi connectivity index (χ1n) is 8.83. The largest absolute Gasteiger partial charge is 0.490 e. The maximum absolute atomic E-state index is 12.9. The molecule has 130 valence electrons. The number of halogens is 1. The molecule has 0 aliphatic carbocycles. The first-order valence-corrected chi connectivity index (χ1v) is 8.83. The highest BCUT2D eigenvalue weighted by molar-refractivity contribution is 5.78. The first-order chi connectivity index (χ1) is 12.3. The van der Waals surface area contributed by atoms with E-state index in [0.717, 1.165) is 44.8 Å². The van der Waals surface area contributed by atoms with Crippen LogP contribution in [-0.4, -0.2) is 40.4 Å². The van der Waals surface area contributed by atoms with Crippen molar-refractivity contribution < 1.29 is 9.13 Å². The van der Waals surface area contributed by atoms with E-state index in [9.17, 15) is 4.39 Å². The van der Waals surface area contributed by atoms with Gasteiger partial charge in [-0.15, -0.1) is 0 Å². The van der Waals surface area contributed by atoms with E-state index in [1.807, 2.05) is 12.3 Å². The second-order valence-electron chi connectivity index (χ2n) is 6.54. The Labute approximate surface area is 146 Å². The van der Waals surface area contributed by atoms with Crippen molar-refractivity contribution in [3.63, 3.8) is 0 Å². The molecular formula is C20H22FN3O. The average molecular weight is 339 g/mol. The Kier molecular flexibility index (Phi) is 4.65. The minimum Gasteiger partial charge on any atom is -0.490 e. The highest BCUT2D eigenvalue weighted by Gasteiger charge is 2.20. The summed E-state index contributed by atoms with van der Waals surface area (Å²) in [4.78, 5) is 2.46. The van der Waals surface area contributed by atoms with E-state index in [0.29, 0.717) is 0 Å². The van der Waals surface area contributed by atoms with Crippen LogP contribution in [0.5, 0.6) is 5.75 Å². The lowest BCUT2D eigenvalue weighted by Crippen LogP contribution is -2.39. The molecule has 4 nitrogen and oxygen atoms in total. The number of likely N-dealkylation sites (tertiary alicyclic amines) is 1. The topological polar surface area (TPSA) is 30.3 Å². The molecule has 4 rings (SSSR count). The molecule has 0 N–H and O–H groups in total. The number of nitrogens with zero attached hydrogens (tertiary/aromatic N) is 3. The Morgan fingerprint density at radius 3 is 2.56 bits per heavy atom. The van der Waals surface area contributed by atoms with E-state index in [2.05, 4.69) is 32.9 Å². The molecule has 1 aliphatic rings. The van der Waals surface area contributed by atoms with Crippen LogP contribution in [0.3, 0.4) is 0 Å². The number of fused-ring (bicyclic) bond motifs is 1. The van der Waals surface area contributed by atoms with Gasteiger partial charge in [0.1, 0.15) is 17.7 Å². The fraction of sp³-hybridized carbons (Fsp3) is 0.350.